The molecule has 2 atom stereocenters. The molecule has 0 bridgehead atoms. The molecule has 1 aliphatic rings. The van der Waals surface area contributed by atoms with Crippen LogP contribution in [-0.4, -0.2) is 23.0 Å². The van der Waals surface area contributed by atoms with Gasteiger partial charge in [0.1, 0.15) is 12.4 Å². The number of anilines is 3. The molecule has 8 heteroatoms. The Bertz CT molecular complexity index is 1080. The number of benzene rings is 2. The van der Waals surface area contributed by atoms with E-state index in [1.54, 1.807) is 30.3 Å². The molecule has 1 saturated carbocycles. The zero-order valence-electron chi connectivity index (χ0n) is 16.7. The van der Waals surface area contributed by atoms with Crippen molar-refractivity contribution in [1.29, 1.82) is 0 Å². The highest BCUT2D eigenvalue weighted by molar-refractivity contribution is 6.05. The van der Waals surface area contributed by atoms with Gasteiger partial charge in [-0.3, -0.25) is 10.1 Å². The number of nitrogens with one attached hydrogen (secondary N) is 2. The Morgan fingerprint density at radius 2 is 1.77 bits per heavy atom. The van der Waals surface area contributed by atoms with Crippen molar-refractivity contribution < 1.29 is 14.3 Å². The summed E-state index contributed by atoms with van der Waals surface area (Å²) in [6, 6.07) is 18.2. The molecule has 1 aromatic heterocycles. The van der Waals surface area contributed by atoms with Gasteiger partial charge in [0, 0.05) is 18.2 Å². The first-order valence-corrected chi connectivity index (χ1v) is 9.89. The summed E-state index contributed by atoms with van der Waals surface area (Å²) in [4.78, 5) is 28.4. The maximum atomic E-state index is 12.3. The molecular weight excluding hydrogens is 394 g/mol. The number of hydrogen-bond acceptors (Lipinski definition) is 6. The summed E-state index contributed by atoms with van der Waals surface area (Å²) in [6.45, 7) is 0.141. The second-order valence-corrected chi connectivity index (χ2v) is 7.42. The van der Waals surface area contributed by atoms with Gasteiger partial charge in [-0.25, -0.2) is 9.78 Å². The van der Waals surface area contributed by atoms with Gasteiger partial charge in [-0.2, -0.15) is 0 Å². The third kappa shape index (κ3) is 5.18. The third-order valence-electron chi connectivity index (χ3n) is 5.08. The maximum absolute atomic E-state index is 12.3. The Kier molecular flexibility index (Phi) is 5.81. The van der Waals surface area contributed by atoms with Gasteiger partial charge in [0.15, 0.2) is 0 Å². The average molecular weight is 417 g/mol. The lowest BCUT2D eigenvalue weighted by molar-refractivity contribution is 0.102. The number of nitrogen functional groups attached to an aromatic ring is 1. The SMILES string of the molecule is Nc1ccccc1NC(=O)c1ccc(NC(=O)OCc2ccc(C3C[C@@H]3N)cc2)nc1. The molecule has 1 unspecified atom stereocenters. The molecule has 8 nitrogen and oxygen atoms in total. The summed E-state index contributed by atoms with van der Waals surface area (Å²) < 4.78 is 5.23. The molecule has 1 aliphatic carbocycles. The molecule has 2 amide bonds. The normalized spacial score (nSPS) is 16.9. The first-order valence-electron chi connectivity index (χ1n) is 9.89. The van der Waals surface area contributed by atoms with Crippen LogP contribution in [0.3, 0.4) is 0 Å². The Morgan fingerprint density at radius 1 is 1.03 bits per heavy atom. The van der Waals surface area contributed by atoms with E-state index in [0.29, 0.717) is 22.9 Å². The van der Waals surface area contributed by atoms with Crippen LogP contribution >= 0.6 is 0 Å². The number of ether oxygens (including phenoxy) is 1. The summed E-state index contributed by atoms with van der Waals surface area (Å²) >= 11 is 0. The van der Waals surface area contributed by atoms with E-state index in [9.17, 15) is 9.59 Å². The lowest BCUT2D eigenvalue weighted by Crippen LogP contribution is -2.16. The number of rotatable bonds is 6. The van der Waals surface area contributed by atoms with Crippen LogP contribution in [0.1, 0.15) is 33.8 Å². The fourth-order valence-electron chi connectivity index (χ4n) is 3.16. The molecule has 1 fully saturated rings. The minimum absolute atomic E-state index is 0.141. The van der Waals surface area contributed by atoms with Crippen molar-refractivity contribution in [1.82, 2.24) is 4.98 Å². The quantitative estimate of drug-likeness (QED) is 0.454. The predicted octanol–water partition coefficient (Wildman–Crippen LogP) is 3.48. The number of carbonyl (C=O) groups excluding carboxylic acids is 2. The van der Waals surface area contributed by atoms with Crippen LogP contribution in [0.5, 0.6) is 0 Å². The summed E-state index contributed by atoms with van der Waals surface area (Å²) in [5.41, 5.74) is 15.1. The molecule has 0 spiro atoms. The number of nitrogens with two attached hydrogens (primary N) is 2. The summed E-state index contributed by atoms with van der Waals surface area (Å²) in [5.74, 6) is 0.369. The van der Waals surface area contributed by atoms with E-state index >= 15 is 0 Å². The largest absolute Gasteiger partial charge is 0.444 e. The predicted molar refractivity (Wildman–Crippen MR) is 119 cm³/mol. The number of amides is 2. The molecule has 1 heterocycles. The van der Waals surface area contributed by atoms with Crippen molar-refractivity contribution in [2.24, 2.45) is 5.73 Å². The van der Waals surface area contributed by atoms with E-state index < -0.39 is 6.09 Å². The van der Waals surface area contributed by atoms with E-state index in [1.165, 1.54) is 17.8 Å². The molecule has 4 rings (SSSR count). The van der Waals surface area contributed by atoms with Crippen molar-refractivity contribution in [3.05, 3.63) is 83.6 Å². The number of nitrogens with zero attached hydrogens (tertiary/aromatic N) is 1. The molecule has 2 aromatic carbocycles. The molecule has 0 aliphatic heterocycles. The summed E-state index contributed by atoms with van der Waals surface area (Å²) in [7, 11) is 0. The Morgan fingerprint density at radius 3 is 2.42 bits per heavy atom. The molecule has 0 radical (unpaired) electrons. The van der Waals surface area contributed by atoms with Crippen molar-refractivity contribution in [2.75, 3.05) is 16.4 Å². The maximum Gasteiger partial charge on any atom is 0.413 e. The van der Waals surface area contributed by atoms with Gasteiger partial charge >= 0.3 is 6.09 Å². The third-order valence-corrected chi connectivity index (χ3v) is 5.08. The molecule has 0 saturated heterocycles. The highest BCUT2D eigenvalue weighted by atomic mass is 16.5. The topological polar surface area (TPSA) is 132 Å². The zero-order chi connectivity index (χ0) is 21.8. The molecule has 158 valence electrons. The number of aromatic nitrogens is 1. The number of pyridine rings is 1. The van der Waals surface area contributed by atoms with Crippen molar-refractivity contribution in [3.8, 4) is 0 Å². The summed E-state index contributed by atoms with van der Waals surface area (Å²) in [6.07, 6.45) is 1.76. The second kappa shape index (κ2) is 8.85. The van der Waals surface area contributed by atoms with Crippen LogP contribution in [0, 0.1) is 0 Å². The Hall–Kier alpha value is -3.91. The van der Waals surface area contributed by atoms with Crippen molar-refractivity contribution >= 4 is 29.2 Å². The van der Waals surface area contributed by atoms with Crippen LogP contribution in [0.25, 0.3) is 0 Å². The number of para-hydroxylation sites is 2. The van der Waals surface area contributed by atoms with Crippen molar-refractivity contribution in [2.45, 2.75) is 25.0 Å². The van der Waals surface area contributed by atoms with Crippen molar-refractivity contribution in [3.63, 3.8) is 0 Å². The van der Waals surface area contributed by atoms with E-state index in [0.717, 1.165) is 12.0 Å². The van der Waals surface area contributed by atoms with Gasteiger partial charge in [-0.1, -0.05) is 36.4 Å². The van der Waals surface area contributed by atoms with E-state index in [1.807, 2.05) is 24.3 Å². The highest BCUT2D eigenvalue weighted by Gasteiger charge is 2.34. The van der Waals surface area contributed by atoms with Crippen LogP contribution in [-0.2, 0) is 11.3 Å². The van der Waals surface area contributed by atoms with Gasteiger partial charge in [-0.15, -0.1) is 0 Å². The molecule has 31 heavy (non-hydrogen) atoms. The lowest BCUT2D eigenvalue weighted by atomic mass is 10.1. The Balaban J connectivity index is 1.27. The fraction of sp³-hybridized carbons (Fsp3) is 0.174. The number of hydrogen-bond donors (Lipinski definition) is 4. The average Bonchev–Trinajstić information content (AvgIpc) is 3.51. The summed E-state index contributed by atoms with van der Waals surface area (Å²) in [5, 5.41) is 5.26. The van der Waals surface area contributed by atoms with E-state index in [2.05, 4.69) is 15.6 Å². The van der Waals surface area contributed by atoms with E-state index in [4.69, 9.17) is 16.2 Å². The monoisotopic (exact) mass is 417 g/mol. The lowest BCUT2D eigenvalue weighted by Gasteiger charge is -2.09. The zero-order valence-corrected chi connectivity index (χ0v) is 16.7. The highest BCUT2D eigenvalue weighted by Crippen LogP contribution is 2.38. The smallest absolute Gasteiger partial charge is 0.413 e. The standard InChI is InChI=1S/C23H23N5O3/c24-18-3-1-2-4-20(18)27-22(29)16-9-10-21(26-12-16)28-23(30)31-13-14-5-7-15(8-6-14)17-11-19(17)25/h1-10,12,17,19H,11,13,24-25H2,(H,27,29)(H,26,28,30)/t17?,19-/m0/s1. The minimum atomic E-state index is -0.630. The first-order chi connectivity index (χ1) is 15.0. The molecule has 6 N–H and O–H groups in total. The van der Waals surface area contributed by atoms with Gasteiger partial charge < -0.3 is 21.5 Å². The van der Waals surface area contributed by atoms with Crippen LogP contribution in [0.2, 0.25) is 0 Å². The van der Waals surface area contributed by atoms with Crippen LogP contribution in [0.4, 0.5) is 22.0 Å². The molecular formula is C23H23N5O3. The van der Waals surface area contributed by atoms with E-state index in [-0.39, 0.29) is 24.4 Å². The van der Waals surface area contributed by atoms with Gasteiger partial charge in [-0.05, 0) is 41.8 Å². The van der Waals surface area contributed by atoms with Crippen LogP contribution in [0.15, 0.2) is 66.9 Å². The fourth-order valence-corrected chi connectivity index (χ4v) is 3.16. The van der Waals surface area contributed by atoms with Gasteiger partial charge in [0.05, 0.1) is 16.9 Å². The minimum Gasteiger partial charge on any atom is -0.444 e. The van der Waals surface area contributed by atoms with Crippen LogP contribution < -0.4 is 22.1 Å². The van der Waals surface area contributed by atoms with Gasteiger partial charge in [0.2, 0.25) is 0 Å². The second-order valence-electron chi connectivity index (χ2n) is 7.42. The first kappa shape index (κ1) is 20.4. The molecule has 3 aromatic rings. The number of carbonyl (C=O) groups is 2. The Labute approximate surface area is 179 Å². The van der Waals surface area contributed by atoms with Gasteiger partial charge in [0.25, 0.3) is 5.91 Å².